The maximum atomic E-state index is 12.1. The van der Waals surface area contributed by atoms with Crippen molar-refractivity contribution in [2.75, 3.05) is 5.75 Å². The van der Waals surface area contributed by atoms with Crippen LogP contribution in [0, 0.1) is 0 Å². The van der Waals surface area contributed by atoms with Crippen molar-refractivity contribution < 1.29 is 4.79 Å². The number of Topliss-reactive ketones (excluding diaryl/α,β-unsaturated/α-hetero) is 1. The number of nitrogens with zero attached hydrogens (tertiary/aromatic N) is 2. The summed E-state index contributed by atoms with van der Waals surface area (Å²) in [7, 11) is 0. The van der Waals surface area contributed by atoms with Crippen molar-refractivity contribution in [2.24, 2.45) is 5.10 Å². The van der Waals surface area contributed by atoms with Gasteiger partial charge < -0.3 is 0 Å². The van der Waals surface area contributed by atoms with Crippen LogP contribution in [0.1, 0.15) is 21.4 Å². The lowest BCUT2D eigenvalue weighted by atomic mass is 10.1. The SMILES string of the molecule is O=C(CSC1=NNC(c2ccccn2)S1)c1ccc(Cl)cc1. The molecule has 1 N–H and O–H groups in total. The summed E-state index contributed by atoms with van der Waals surface area (Å²) in [4.78, 5) is 16.4. The third kappa shape index (κ3) is 3.82. The molecule has 1 aromatic heterocycles. The van der Waals surface area contributed by atoms with E-state index in [1.54, 1.807) is 42.2 Å². The van der Waals surface area contributed by atoms with Crippen molar-refractivity contribution in [1.29, 1.82) is 0 Å². The van der Waals surface area contributed by atoms with Crippen LogP contribution in [0.25, 0.3) is 0 Å². The summed E-state index contributed by atoms with van der Waals surface area (Å²) in [6.45, 7) is 0. The molecule has 7 heteroatoms. The van der Waals surface area contributed by atoms with Crippen LogP contribution in [0.4, 0.5) is 0 Å². The fourth-order valence-corrected chi connectivity index (χ4v) is 3.91. The predicted octanol–water partition coefficient (Wildman–Crippen LogP) is 3.96. The predicted molar refractivity (Wildman–Crippen MR) is 93.4 cm³/mol. The average molecular weight is 350 g/mol. The highest BCUT2D eigenvalue weighted by Crippen LogP contribution is 2.34. The van der Waals surface area contributed by atoms with Crippen LogP contribution in [-0.4, -0.2) is 20.9 Å². The van der Waals surface area contributed by atoms with Gasteiger partial charge in [0.1, 0.15) is 5.37 Å². The third-order valence-electron chi connectivity index (χ3n) is 2.94. The normalized spacial score (nSPS) is 17.0. The van der Waals surface area contributed by atoms with E-state index in [0.29, 0.717) is 16.3 Å². The lowest BCUT2D eigenvalue weighted by Crippen LogP contribution is -2.07. The van der Waals surface area contributed by atoms with Crippen LogP contribution in [-0.2, 0) is 0 Å². The van der Waals surface area contributed by atoms with Gasteiger partial charge in [-0.15, -0.1) is 0 Å². The molecule has 1 aliphatic heterocycles. The van der Waals surface area contributed by atoms with Crippen molar-refractivity contribution in [3.63, 3.8) is 0 Å². The first-order chi connectivity index (χ1) is 10.7. The van der Waals surface area contributed by atoms with Crippen LogP contribution in [0.15, 0.2) is 53.8 Å². The van der Waals surface area contributed by atoms with E-state index < -0.39 is 0 Å². The topological polar surface area (TPSA) is 54.4 Å². The summed E-state index contributed by atoms with van der Waals surface area (Å²) >= 11 is 8.82. The minimum absolute atomic E-state index is 0.00864. The molecule has 22 heavy (non-hydrogen) atoms. The Kier molecular flexibility index (Phi) is 5.02. The number of hydrogen-bond acceptors (Lipinski definition) is 6. The van der Waals surface area contributed by atoms with Crippen molar-refractivity contribution in [1.82, 2.24) is 10.4 Å². The summed E-state index contributed by atoms with van der Waals surface area (Å²) in [5.41, 5.74) is 4.62. The van der Waals surface area contributed by atoms with Gasteiger partial charge in [0.2, 0.25) is 0 Å². The molecule has 1 aromatic carbocycles. The number of hydrogen-bond donors (Lipinski definition) is 1. The number of halogens is 1. The molecule has 2 heterocycles. The average Bonchev–Trinajstić information content (AvgIpc) is 3.03. The maximum Gasteiger partial charge on any atom is 0.173 e. The number of thioether (sulfide) groups is 2. The van der Waals surface area contributed by atoms with E-state index >= 15 is 0 Å². The molecule has 4 nitrogen and oxygen atoms in total. The Labute approximate surface area is 141 Å². The number of carbonyl (C=O) groups is 1. The number of nitrogens with one attached hydrogen (secondary N) is 1. The van der Waals surface area contributed by atoms with Gasteiger partial charge in [0.15, 0.2) is 10.2 Å². The van der Waals surface area contributed by atoms with Gasteiger partial charge in [-0.1, -0.05) is 41.2 Å². The third-order valence-corrected chi connectivity index (χ3v) is 5.46. The molecule has 0 spiro atoms. The Hall–Kier alpha value is -1.50. The molecule has 112 valence electrons. The van der Waals surface area contributed by atoms with Crippen LogP contribution in [0.2, 0.25) is 5.02 Å². The first kappa shape index (κ1) is 15.4. The minimum atomic E-state index is 0.00864. The number of ketones is 1. The lowest BCUT2D eigenvalue weighted by Gasteiger charge is -2.07. The van der Waals surface area contributed by atoms with Gasteiger partial charge in [0.25, 0.3) is 0 Å². The number of rotatable bonds is 4. The maximum absolute atomic E-state index is 12.1. The van der Waals surface area contributed by atoms with Gasteiger partial charge in [-0.2, -0.15) is 5.10 Å². The monoisotopic (exact) mass is 349 g/mol. The van der Waals surface area contributed by atoms with Crippen molar-refractivity contribution in [3.8, 4) is 0 Å². The molecule has 3 rings (SSSR count). The number of benzene rings is 1. The summed E-state index contributed by atoms with van der Waals surface area (Å²) in [5.74, 6) is 0.413. The van der Waals surface area contributed by atoms with Crippen LogP contribution >= 0.6 is 35.1 Å². The Balaban J connectivity index is 1.52. The second kappa shape index (κ2) is 7.17. The largest absolute Gasteiger partial charge is 0.293 e. The molecule has 2 aromatic rings. The molecule has 1 unspecified atom stereocenters. The molecule has 0 saturated heterocycles. The molecule has 1 aliphatic rings. The molecule has 0 radical (unpaired) electrons. The number of aromatic nitrogens is 1. The van der Waals surface area contributed by atoms with Gasteiger partial charge in [0, 0.05) is 16.8 Å². The van der Waals surface area contributed by atoms with E-state index in [4.69, 9.17) is 11.6 Å². The van der Waals surface area contributed by atoms with Gasteiger partial charge in [-0.25, -0.2) is 0 Å². The van der Waals surface area contributed by atoms with E-state index in [2.05, 4.69) is 15.5 Å². The zero-order chi connectivity index (χ0) is 15.4. The Morgan fingerprint density at radius 1 is 1.27 bits per heavy atom. The molecule has 0 fully saturated rings. The molecular weight excluding hydrogens is 338 g/mol. The highest BCUT2D eigenvalue weighted by atomic mass is 35.5. The van der Waals surface area contributed by atoms with Crippen LogP contribution in [0.3, 0.4) is 0 Å². The zero-order valence-corrected chi connectivity index (χ0v) is 13.8. The smallest absolute Gasteiger partial charge is 0.173 e. The Morgan fingerprint density at radius 2 is 2.09 bits per heavy atom. The van der Waals surface area contributed by atoms with Crippen molar-refractivity contribution >= 4 is 45.3 Å². The molecule has 1 atom stereocenters. The molecular formula is C15H12ClN3OS2. The first-order valence-corrected chi connectivity index (χ1v) is 8.79. The lowest BCUT2D eigenvalue weighted by molar-refractivity contribution is 0.102. The highest BCUT2D eigenvalue weighted by molar-refractivity contribution is 8.39. The fourth-order valence-electron chi connectivity index (χ4n) is 1.84. The quantitative estimate of drug-likeness (QED) is 0.847. The van der Waals surface area contributed by atoms with E-state index in [9.17, 15) is 4.79 Å². The summed E-state index contributed by atoms with van der Waals surface area (Å²) in [6, 6.07) is 12.7. The number of hydrazone groups is 1. The van der Waals surface area contributed by atoms with Crippen LogP contribution < -0.4 is 5.43 Å². The van der Waals surface area contributed by atoms with Gasteiger partial charge in [-0.05, 0) is 36.4 Å². The summed E-state index contributed by atoms with van der Waals surface area (Å²) in [5, 5.41) is 4.89. The molecule has 0 aliphatic carbocycles. The standard InChI is InChI=1S/C15H12ClN3OS2/c16-11-6-4-10(5-7-11)13(20)9-21-15-19-18-14(22-15)12-3-1-2-8-17-12/h1-8,14,18H,9H2. The molecule has 0 amide bonds. The van der Waals surface area contributed by atoms with Crippen LogP contribution in [0.5, 0.6) is 0 Å². The van der Waals surface area contributed by atoms with E-state index in [0.717, 1.165) is 10.1 Å². The molecule has 0 bridgehead atoms. The second-order valence-corrected chi connectivity index (χ2v) is 7.23. The van der Waals surface area contributed by atoms with Gasteiger partial charge in [-0.3, -0.25) is 15.2 Å². The zero-order valence-electron chi connectivity index (χ0n) is 11.4. The Morgan fingerprint density at radius 3 is 2.82 bits per heavy atom. The van der Waals surface area contributed by atoms with E-state index in [1.165, 1.54) is 11.8 Å². The second-order valence-electron chi connectivity index (χ2n) is 4.48. The van der Waals surface area contributed by atoms with Gasteiger partial charge >= 0.3 is 0 Å². The van der Waals surface area contributed by atoms with Crippen molar-refractivity contribution in [3.05, 3.63) is 64.9 Å². The number of carbonyl (C=O) groups excluding carboxylic acids is 1. The summed E-state index contributed by atoms with van der Waals surface area (Å²) < 4.78 is 0.845. The summed E-state index contributed by atoms with van der Waals surface area (Å²) in [6.07, 6.45) is 1.76. The van der Waals surface area contributed by atoms with Gasteiger partial charge in [0.05, 0.1) is 11.4 Å². The fraction of sp³-hybridized carbons (Fsp3) is 0.133. The highest BCUT2D eigenvalue weighted by Gasteiger charge is 2.22. The van der Waals surface area contributed by atoms with E-state index in [1.807, 2.05) is 18.2 Å². The first-order valence-electron chi connectivity index (χ1n) is 6.55. The molecule has 0 saturated carbocycles. The van der Waals surface area contributed by atoms with E-state index in [-0.39, 0.29) is 11.2 Å². The Bertz CT molecular complexity index is 692. The van der Waals surface area contributed by atoms with Crippen molar-refractivity contribution in [2.45, 2.75) is 5.37 Å². The minimum Gasteiger partial charge on any atom is -0.293 e. The number of pyridine rings is 1.